The second-order valence-corrected chi connectivity index (χ2v) is 0.966. The maximum absolute atomic E-state index is 4.72. The molecule has 2 heteroatoms. The van der Waals surface area contributed by atoms with Crippen molar-refractivity contribution in [3.63, 3.8) is 0 Å². The summed E-state index contributed by atoms with van der Waals surface area (Å²) >= 11 is 0. The number of hydrogen-bond donors (Lipinski definition) is 0. The molecule has 4 heavy (non-hydrogen) atoms. The van der Waals surface area contributed by atoms with Crippen LogP contribution in [0.4, 0.5) is 0 Å². The minimum atomic E-state index is 1.00. The van der Waals surface area contributed by atoms with Crippen LogP contribution in [0.3, 0.4) is 0 Å². The third-order valence-electron chi connectivity index (χ3n) is 0.577. The van der Waals surface area contributed by atoms with Crippen LogP contribution in [-0.2, 0) is 4.65 Å². The van der Waals surface area contributed by atoms with Crippen LogP contribution in [0.2, 0.25) is 6.32 Å². The fourth-order valence-corrected chi connectivity index (χ4v) is 0.144. The first-order valence-corrected chi connectivity index (χ1v) is 1.58. The van der Waals surface area contributed by atoms with Crippen LogP contribution in [0.5, 0.6) is 0 Å². The van der Waals surface area contributed by atoms with Gasteiger partial charge in [-0.05, 0) is 6.32 Å². The molecule has 0 radical (unpaired) electrons. The zero-order valence-electron chi connectivity index (χ0n) is 2.53. The van der Waals surface area contributed by atoms with Crippen LogP contribution >= 0.6 is 0 Å². The van der Waals surface area contributed by atoms with Crippen molar-refractivity contribution in [2.75, 3.05) is 6.61 Å². The van der Waals surface area contributed by atoms with Gasteiger partial charge in [0, 0.05) is 6.61 Å². The smallest absolute Gasteiger partial charge is 0.277 e. The number of hydrogen-bond acceptors (Lipinski definition) is 1. The van der Waals surface area contributed by atoms with E-state index in [2.05, 4.69) is 0 Å². The topological polar surface area (TPSA) is 9.23 Å². The first-order chi connectivity index (χ1) is 2.00. The van der Waals surface area contributed by atoms with E-state index in [1.807, 2.05) is 0 Å². The van der Waals surface area contributed by atoms with Crippen LogP contribution in [0.25, 0.3) is 0 Å². The normalized spacial score (nSPS) is 22.0. The molecule has 1 aliphatic rings. The van der Waals surface area contributed by atoms with Crippen molar-refractivity contribution in [3.8, 4) is 0 Å². The van der Waals surface area contributed by atoms with Crippen molar-refractivity contribution in [1.29, 1.82) is 0 Å². The van der Waals surface area contributed by atoms with Gasteiger partial charge in [-0.2, -0.15) is 0 Å². The largest absolute Gasteiger partial charge is 0.440 e. The Hall–Kier alpha value is 0.0249. The van der Waals surface area contributed by atoms with E-state index in [1.54, 1.807) is 0 Å². The lowest BCUT2D eigenvalue weighted by Gasteiger charge is -2.07. The summed E-state index contributed by atoms with van der Waals surface area (Å²) in [5.41, 5.74) is 0. The van der Waals surface area contributed by atoms with E-state index < -0.39 is 0 Å². The van der Waals surface area contributed by atoms with Gasteiger partial charge in [-0.15, -0.1) is 0 Å². The molecule has 0 aromatic heterocycles. The molecule has 0 amide bonds. The Morgan fingerprint density at radius 2 is 2.00 bits per heavy atom. The Morgan fingerprint density at radius 3 is 2.00 bits per heavy atom. The Labute approximate surface area is 26.2 Å². The summed E-state index contributed by atoms with van der Waals surface area (Å²) in [6, 6.07) is 0. The summed E-state index contributed by atoms with van der Waals surface area (Å²) in [4.78, 5) is 0. The maximum Gasteiger partial charge on any atom is 0.277 e. The minimum absolute atomic E-state index is 1.00. The van der Waals surface area contributed by atoms with E-state index in [1.165, 1.54) is 6.32 Å². The zero-order chi connectivity index (χ0) is 2.83. The molecular formula is C2H5BO. The lowest BCUT2D eigenvalue weighted by molar-refractivity contribution is 0.301. The highest BCUT2D eigenvalue weighted by atomic mass is 16.4. The van der Waals surface area contributed by atoms with E-state index in [-0.39, 0.29) is 0 Å². The highest BCUT2D eigenvalue weighted by Gasteiger charge is 1.98. The van der Waals surface area contributed by atoms with Gasteiger partial charge in [0.2, 0.25) is 0 Å². The van der Waals surface area contributed by atoms with E-state index >= 15 is 0 Å². The third kappa shape index (κ3) is 0.131. The Balaban J connectivity index is 2.00. The predicted molar refractivity (Wildman–Crippen MR) is 17.9 cm³/mol. The Kier molecular flexibility index (Phi) is 0.435. The summed E-state index contributed by atoms with van der Waals surface area (Å²) < 4.78 is 4.72. The molecule has 1 fully saturated rings. The maximum atomic E-state index is 4.72. The van der Waals surface area contributed by atoms with E-state index in [0.717, 1.165) is 14.1 Å². The predicted octanol–water partition coefficient (Wildman–Crippen LogP) is -0.214. The molecule has 0 unspecified atom stereocenters. The molecule has 0 aliphatic carbocycles. The first-order valence-electron chi connectivity index (χ1n) is 1.58. The molecular weight excluding hydrogens is 50.8 g/mol. The van der Waals surface area contributed by atoms with Crippen molar-refractivity contribution in [2.24, 2.45) is 0 Å². The lowest BCUT2D eigenvalue weighted by Crippen LogP contribution is -2.12. The van der Waals surface area contributed by atoms with Crippen LogP contribution in [0.1, 0.15) is 0 Å². The third-order valence-corrected chi connectivity index (χ3v) is 0.577. The Morgan fingerprint density at radius 1 is 1.75 bits per heavy atom. The van der Waals surface area contributed by atoms with Crippen molar-refractivity contribution < 1.29 is 4.65 Å². The average Bonchev–Trinajstić information content (AvgIpc) is 0.722. The van der Waals surface area contributed by atoms with Gasteiger partial charge in [0.15, 0.2) is 0 Å². The second-order valence-electron chi connectivity index (χ2n) is 0.966. The summed E-state index contributed by atoms with van der Waals surface area (Å²) in [5.74, 6) is 0. The summed E-state index contributed by atoms with van der Waals surface area (Å²) in [7, 11) is 1.00. The molecule has 1 rings (SSSR count). The van der Waals surface area contributed by atoms with Crippen LogP contribution in [0, 0.1) is 0 Å². The molecule has 1 heterocycles. The van der Waals surface area contributed by atoms with Gasteiger partial charge < -0.3 is 4.65 Å². The van der Waals surface area contributed by atoms with E-state index in [4.69, 9.17) is 4.65 Å². The summed E-state index contributed by atoms with van der Waals surface area (Å²) in [6.45, 7) is 1.00. The van der Waals surface area contributed by atoms with Gasteiger partial charge >= 0.3 is 0 Å². The average molecular weight is 55.9 g/mol. The molecule has 0 aromatic carbocycles. The molecule has 1 aliphatic heterocycles. The van der Waals surface area contributed by atoms with Gasteiger partial charge in [0.25, 0.3) is 7.48 Å². The fraction of sp³-hybridized carbons (Fsp3) is 1.00. The van der Waals surface area contributed by atoms with Crippen LogP contribution < -0.4 is 0 Å². The first kappa shape index (κ1) is 2.27. The van der Waals surface area contributed by atoms with Gasteiger partial charge in [-0.3, -0.25) is 0 Å². The molecule has 0 spiro atoms. The second kappa shape index (κ2) is 0.766. The lowest BCUT2D eigenvalue weighted by atomic mass is 9.90. The molecule has 0 N–H and O–H groups in total. The van der Waals surface area contributed by atoms with Crippen LogP contribution in [0.15, 0.2) is 0 Å². The quantitative estimate of drug-likeness (QED) is 0.349. The minimum Gasteiger partial charge on any atom is -0.440 e. The fourth-order valence-electron chi connectivity index (χ4n) is 0.144. The van der Waals surface area contributed by atoms with Crippen molar-refractivity contribution in [2.45, 2.75) is 6.32 Å². The molecule has 0 aromatic rings. The standard InChI is InChI=1S/C2H5BO/c1-2-4-3-1/h3H,1-2H2. The SMILES string of the molecule is B1CCO1. The Bertz CT molecular complexity index is 14.0. The molecule has 0 bridgehead atoms. The zero-order valence-corrected chi connectivity index (χ0v) is 2.53. The molecule has 1 saturated heterocycles. The van der Waals surface area contributed by atoms with Gasteiger partial charge in [0.1, 0.15) is 0 Å². The highest BCUT2D eigenvalue weighted by molar-refractivity contribution is 6.30. The molecule has 0 saturated carbocycles. The van der Waals surface area contributed by atoms with Crippen LogP contribution in [-0.4, -0.2) is 14.1 Å². The monoisotopic (exact) mass is 56.0 g/mol. The van der Waals surface area contributed by atoms with E-state index in [9.17, 15) is 0 Å². The highest BCUT2D eigenvalue weighted by Crippen LogP contribution is 1.91. The molecule has 22 valence electrons. The van der Waals surface area contributed by atoms with Gasteiger partial charge in [-0.25, -0.2) is 0 Å². The van der Waals surface area contributed by atoms with Gasteiger partial charge in [0.05, 0.1) is 0 Å². The number of rotatable bonds is 0. The van der Waals surface area contributed by atoms with Crippen molar-refractivity contribution in [1.82, 2.24) is 0 Å². The van der Waals surface area contributed by atoms with Crippen molar-refractivity contribution >= 4 is 7.48 Å². The van der Waals surface area contributed by atoms with Gasteiger partial charge in [-0.1, -0.05) is 0 Å². The van der Waals surface area contributed by atoms with Crippen molar-refractivity contribution in [3.05, 3.63) is 0 Å². The molecule has 0 atom stereocenters. The van der Waals surface area contributed by atoms with E-state index in [0.29, 0.717) is 0 Å². The summed E-state index contributed by atoms with van der Waals surface area (Å²) in [6.07, 6.45) is 1.28. The molecule has 1 nitrogen and oxygen atoms in total. The summed E-state index contributed by atoms with van der Waals surface area (Å²) in [5, 5.41) is 0.